The van der Waals surface area contributed by atoms with Gasteiger partial charge in [-0.1, -0.05) is 71.1 Å². The van der Waals surface area contributed by atoms with Crippen LogP contribution in [0.3, 0.4) is 0 Å². The third-order valence-electron chi connectivity index (χ3n) is 6.31. The molecule has 0 unspecified atom stereocenters. The summed E-state index contributed by atoms with van der Waals surface area (Å²) in [5.74, 6) is -0.133. The molecule has 0 spiro atoms. The Labute approximate surface area is 261 Å². The highest BCUT2D eigenvalue weighted by molar-refractivity contribution is 5.69. The van der Waals surface area contributed by atoms with E-state index in [0.29, 0.717) is 119 Å². The van der Waals surface area contributed by atoms with Gasteiger partial charge < -0.3 is 47.7 Å². The first-order chi connectivity index (χ1) is 21.3. The molecular formula is C32H64O11. The van der Waals surface area contributed by atoms with E-state index in [1.807, 2.05) is 0 Å². The van der Waals surface area contributed by atoms with Crippen molar-refractivity contribution in [2.45, 2.75) is 84.0 Å². The van der Waals surface area contributed by atoms with Gasteiger partial charge in [-0.25, -0.2) is 0 Å². The molecule has 0 fully saturated rings. The summed E-state index contributed by atoms with van der Waals surface area (Å²) in [5.41, 5.74) is 0. The van der Waals surface area contributed by atoms with Crippen molar-refractivity contribution in [3.8, 4) is 0 Å². The quantitative estimate of drug-likeness (QED) is 0.0780. The van der Waals surface area contributed by atoms with Gasteiger partial charge in [0, 0.05) is 6.42 Å². The minimum atomic E-state index is -0.133. The van der Waals surface area contributed by atoms with Crippen LogP contribution in [0.15, 0.2) is 0 Å². The molecule has 0 aromatic carbocycles. The van der Waals surface area contributed by atoms with Crippen molar-refractivity contribution in [3.63, 3.8) is 0 Å². The zero-order valence-electron chi connectivity index (χ0n) is 27.2. The van der Waals surface area contributed by atoms with Gasteiger partial charge in [-0.05, 0) is 6.42 Å². The Balaban J connectivity index is 3.12. The minimum Gasteiger partial charge on any atom is -0.463 e. The van der Waals surface area contributed by atoms with Crippen LogP contribution in [0.5, 0.6) is 0 Å². The molecule has 0 saturated carbocycles. The highest BCUT2D eigenvalue weighted by Crippen LogP contribution is 2.12. The van der Waals surface area contributed by atoms with Crippen molar-refractivity contribution in [1.29, 1.82) is 0 Å². The molecule has 0 aliphatic carbocycles. The Hall–Kier alpha value is -0.890. The van der Waals surface area contributed by atoms with Gasteiger partial charge in [-0.2, -0.15) is 0 Å². The Morgan fingerprint density at radius 2 is 0.674 bits per heavy atom. The van der Waals surface area contributed by atoms with E-state index in [9.17, 15) is 4.79 Å². The molecule has 0 aromatic rings. The summed E-state index contributed by atoms with van der Waals surface area (Å²) in [5, 5.41) is 8.57. The van der Waals surface area contributed by atoms with E-state index < -0.39 is 0 Å². The maximum atomic E-state index is 11.8. The molecular weight excluding hydrogens is 560 g/mol. The number of carbonyl (C=O) groups is 1. The third-order valence-corrected chi connectivity index (χ3v) is 6.31. The Morgan fingerprint density at radius 1 is 0.395 bits per heavy atom. The number of ether oxygens (including phenoxy) is 9. The molecule has 0 saturated heterocycles. The molecule has 11 heteroatoms. The standard InChI is InChI=1S/C32H64O11/c1-2-3-4-5-6-7-8-9-10-11-12-13-32(34)43-31-30-42-29-28-41-27-26-40-25-24-39-23-22-38-21-20-37-19-18-36-17-16-35-15-14-33/h33H,2-31H2,1H3. The summed E-state index contributed by atoms with van der Waals surface area (Å²) in [4.78, 5) is 11.8. The van der Waals surface area contributed by atoms with Crippen LogP contribution in [-0.4, -0.2) is 130 Å². The average Bonchev–Trinajstić information content (AvgIpc) is 3.01. The van der Waals surface area contributed by atoms with Crippen molar-refractivity contribution in [1.82, 2.24) is 0 Å². The topological polar surface area (TPSA) is 120 Å². The highest BCUT2D eigenvalue weighted by atomic mass is 16.6. The Bertz CT molecular complexity index is 526. The van der Waals surface area contributed by atoms with Crippen LogP contribution in [0, 0.1) is 0 Å². The first kappa shape index (κ1) is 42.1. The SMILES string of the molecule is CCCCCCCCCCCCCC(=O)OCCOCCOCCOCCOCCOCCOCCOCCOCCO. The molecule has 0 amide bonds. The number of hydrogen-bond acceptors (Lipinski definition) is 11. The molecule has 0 atom stereocenters. The molecule has 0 bridgehead atoms. The van der Waals surface area contributed by atoms with Crippen LogP contribution in [-0.2, 0) is 47.4 Å². The fraction of sp³-hybridized carbons (Fsp3) is 0.969. The van der Waals surface area contributed by atoms with Gasteiger partial charge in [-0.3, -0.25) is 4.79 Å². The number of esters is 1. The Kier molecular flexibility index (Phi) is 38.3. The second-order valence-corrected chi connectivity index (χ2v) is 10.1. The number of aliphatic hydroxyl groups is 1. The molecule has 0 aromatic heterocycles. The lowest BCUT2D eigenvalue weighted by atomic mass is 10.1. The van der Waals surface area contributed by atoms with E-state index >= 15 is 0 Å². The number of rotatable bonds is 38. The molecule has 11 nitrogen and oxygen atoms in total. The van der Waals surface area contributed by atoms with Gasteiger partial charge in [0.15, 0.2) is 0 Å². The lowest BCUT2D eigenvalue weighted by Crippen LogP contribution is -2.15. The number of aliphatic hydroxyl groups excluding tert-OH is 1. The maximum Gasteiger partial charge on any atom is 0.305 e. The van der Waals surface area contributed by atoms with E-state index in [-0.39, 0.29) is 12.6 Å². The molecule has 1 N–H and O–H groups in total. The summed E-state index contributed by atoms with van der Waals surface area (Å²) < 4.78 is 48.3. The van der Waals surface area contributed by atoms with E-state index in [0.717, 1.165) is 12.8 Å². The summed E-state index contributed by atoms with van der Waals surface area (Å²) in [6, 6.07) is 0. The lowest BCUT2D eigenvalue weighted by molar-refractivity contribution is -0.145. The number of hydrogen-bond donors (Lipinski definition) is 1. The molecule has 258 valence electrons. The fourth-order valence-electron chi connectivity index (χ4n) is 3.93. The molecule has 0 radical (unpaired) electrons. The van der Waals surface area contributed by atoms with Crippen molar-refractivity contribution in [2.75, 3.05) is 119 Å². The average molecular weight is 625 g/mol. The van der Waals surface area contributed by atoms with E-state index in [2.05, 4.69) is 6.92 Å². The van der Waals surface area contributed by atoms with Crippen molar-refractivity contribution in [2.24, 2.45) is 0 Å². The molecule has 0 rings (SSSR count). The second-order valence-electron chi connectivity index (χ2n) is 10.1. The summed E-state index contributed by atoms with van der Waals surface area (Å²) in [7, 11) is 0. The van der Waals surface area contributed by atoms with Crippen LogP contribution < -0.4 is 0 Å². The summed E-state index contributed by atoms with van der Waals surface area (Å²) in [6.07, 6.45) is 14.5. The third kappa shape index (κ3) is 39.1. The van der Waals surface area contributed by atoms with Gasteiger partial charge in [0.2, 0.25) is 0 Å². The summed E-state index contributed by atoms with van der Waals surface area (Å²) in [6.45, 7) is 10.2. The number of carbonyl (C=O) groups excluding carboxylic acids is 1. The first-order valence-corrected chi connectivity index (χ1v) is 16.7. The van der Waals surface area contributed by atoms with Crippen LogP contribution in [0.2, 0.25) is 0 Å². The van der Waals surface area contributed by atoms with Crippen molar-refractivity contribution < 1.29 is 52.5 Å². The fourth-order valence-corrected chi connectivity index (χ4v) is 3.93. The zero-order valence-corrected chi connectivity index (χ0v) is 27.2. The van der Waals surface area contributed by atoms with Gasteiger partial charge in [0.05, 0.1) is 112 Å². The van der Waals surface area contributed by atoms with Crippen LogP contribution in [0.4, 0.5) is 0 Å². The Morgan fingerprint density at radius 3 is 1.00 bits per heavy atom. The zero-order chi connectivity index (χ0) is 31.2. The monoisotopic (exact) mass is 624 g/mol. The normalized spacial score (nSPS) is 11.4. The van der Waals surface area contributed by atoms with Gasteiger partial charge in [-0.15, -0.1) is 0 Å². The molecule has 0 heterocycles. The highest BCUT2D eigenvalue weighted by Gasteiger charge is 2.03. The van der Waals surface area contributed by atoms with Crippen molar-refractivity contribution in [3.05, 3.63) is 0 Å². The van der Waals surface area contributed by atoms with Gasteiger partial charge in [0.25, 0.3) is 0 Å². The maximum absolute atomic E-state index is 11.8. The molecule has 43 heavy (non-hydrogen) atoms. The van der Waals surface area contributed by atoms with Gasteiger partial charge in [0.1, 0.15) is 6.61 Å². The smallest absolute Gasteiger partial charge is 0.305 e. The largest absolute Gasteiger partial charge is 0.463 e. The predicted molar refractivity (Wildman–Crippen MR) is 166 cm³/mol. The molecule has 0 aliphatic heterocycles. The van der Waals surface area contributed by atoms with E-state index in [1.165, 1.54) is 57.8 Å². The van der Waals surface area contributed by atoms with Crippen LogP contribution >= 0.6 is 0 Å². The van der Waals surface area contributed by atoms with Gasteiger partial charge >= 0.3 is 5.97 Å². The van der Waals surface area contributed by atoms with E-state index in [1.54, 1.807) is 0 Å². The number of unbranched alkanes of at least 4 members (excludes halogenated alkanes) is 10. The van der Waals surface area contributed by atoms with Crippen molar-refractivity contribution >= 4 is 5.97 Å². The summed E-state index contributed by atoms with van der Waals surface area (Å²) >= 11 is 0. The first-order valence-electron chi connectivity index (χ1n) is 16.7. The minimum absolute atomic E-state index is 0.0258. The molecule has 0 aliphatic rings. The lowest BCUT2D eigenvalue weighted by Gasteiger charge is -2.09. The van der Waals surface area contributed by atoms with Crippen LogP contribution in [0.1, 0.15) is 84.0 Å². The van der Waals surface area contributed by atoms with Crippen LogP contribution in [0.25, 0.3) is 0 Å². The predicted octanol–water partition coefficient (Wildman–Crippen LogP) is 4.36. The van der Waals surface area contributed by atoms with E-state index in [4.69, 9.17) is 47.7 Å². The second kappa shape index (κ2) is 39.1.